The fraction of sp³-hybridized carbons (Fsp3) is 0.500. The smallest absolute Gasteiger partial charge is 0.244 e. The molecule has 0 radical (unpaired) electrons. The van der Waals surface area contributed by atoms with Gasteiger partial charge in [0.1, 0.15) is 0 Å². The molecule has 1 aromatic rings. The van der Waals surface area contributed by atoms with Crippen LogP contribution in [0.2, 0.25) is 10.0 Å². The molecule has 1 amide bonds. The van der Waals surface area contributed by atoms with E-state index < -0.39 is 0 Å². The molecule has 19 heavy (non-hydrogen) atoms. The predicted octanol–water partition coefficient (Wildman–Crippen LogP) is 3.49. The summed E-state index contributed by atoms with van der Waals surface area (Å²) in [6.07, 6.45) is 2.84. The number of carbonyl (C=O) groups excluding carboxylic acids is 1. The Balaban J connectivity index is 2.22. The van der Waals surface area contributed by atoms with Crippen LogP contribution in [0, 0.1) is 0 Å². The van der Waals surface area contributed by atoms with Crippen LogP contribution in [0.5, 0.6) is 0 Å². The third-order valence-corrected chi connectivity index (χ3v) is 3.90. The molecule has 3 nitrogen and oxygen atoms in total. The molecule has 0 aliphatic carbocycles. The maximum absolute atomic E-state index is 12.5. The molecule has 0 spiro atoms. The molecule has 1 heterocycles. The van der Waals surface area contributed by atoms with Crippen molar-refractivity contribution in [3.63, 3.8) is 0 Å². The number of anilines is 1. The van der Waals surface area contributed by atoms with Gasteiger partial charge in [-0.15, -0.1) is 0 Å². The van der Waals surface area contributed by atoms with Crippen LogP contribution in [0.1, 0.15) is 26.2 Å². The first-order valence-corrected chi connectivity index (χ1v) is 7.39. The van der Waals surface area contributed by atoms with Crippen molar-refractivity contribution in [3.05, 3.63) is 28.2 Å². The van der Waals surface area contributed by atoms with Gasteiger partial charge in [0.05, 0.1) is 21.8 Å². The number of hydrogen-bond acceptors (Lipinski definition) is 2. The Bertz CT molecular complexity index is 445. The topological polar surface area (TPSA) is 32.3 Å². The number of amides is 1. The minimum absolute atomic E-state index is 0.0645. The number of rotatable bonds is 4. The summed E-state index contributed by atoms with van der Waals surface area (Å²) in [5, 5.41) is 4.33. The van der Waals surface area contributed by atoms with Crippen LogP contribution in [-0.2, 0) is 4.79 Å². The normalized spacial score (nSPS) is 19.8. The zero-order chi connectivity index (χ0) is 13.8. The quantitative estimate of drug-likeness (QED) is 0.923. The van der Waals surface area contributed by atoms with Gasteiger partial charge in [0.2, 0.25) is 5.91 Å². The highest BCUT2D eigenvalue weighted by molar-refractivity contribution is 6.40. The second-order valence-corrected chi connectivity index (χ2v) is 5.52. The van der Waals surface area contributed by atoms with Crippen LogP contribution >= 0.6 is 23.2 Å². The van der Waals surface area contributed by atoms with Crippen molar-refractivity contribution in [3.8, 4) is 0 Å². The number of nitrogens with zero attached hydrogens (tertiary/aromatic N) is 1. The van der Waals surface area contributed by atoms with Crippen LogP contribution in [0.4, 0.5) is 5.69 Å². The van der Waals surface area contributed by atoms with E-state index in [4.69, 9.17) is 23.2 Å². The van der Waals surface area contributed by atoms with E-state index >= 15 is 0 Å². The van der Waals surface area contributed by atoms with Gasteiger partial charge < -0.3 is 10.2 Å². The zero-order valence-corrected chi connectivity index (χ0v) is 12.5. The van der Waals surface area contributed by atoms with Crippen LogP contribution in [0.3, 0.4) is 0 Å². The zero-order valence-electron chi connectivity index (χ0n) is 11.0. The molecular weight excluding hydrogens is 283 g/mol. The second-order valence-electron chi connectivity index (χ2n) is 4.71. The molecule has 1 fully saturated rings. The molecule has 1 saturated heterocycles. The number of halogens is 2. The van der Waals surface area contributed by atoms with E-state index in [-0.39, 0.29) is 11.9 Å². The summed E-state index contributed by atoms with van der Waals surface area (Å²) >= 11 is 12.4. The lowest BCUT2D eigenvalue weighted by molar-refractivity contribution is -0.121. The molecule has 0 aromatic heterocycles. The monoisotopic (exact) mass is 300 g/mol. The van der Waals surface area contributed by atoms with Gasteiger partial charge in [0.25, 0.3) is 0 Å². The van der Waals surface area contributed by atoms with Gasteiger partial charge >= 0.3 is 0 Å². The summed E-state index contributed by atoms with van der Waals surface area (Å²) in [5.41, 5.74) is 0.638. The van der Waals surface area contributed by atoms with Gasteiger partial charge in [-0.25, -0.2) is 0 Å². The minimum Gasteiger partial charge on any atom is -0.308 e. The van der Waals surface area contributed by atoms with Crippen molar-refractivity contribution in [2.24, 2.45) is 0 Å². The first-order valence-electron chi connectivity index (χ1n) is 6.64. The molecule has 1 unspecified atom stereocenters. The van der Waals surface area contributed by atoms with E-state index in [1.54, 1.807) is 23.1 Å². The Morgan fingerprint density at radius 1 is 1.37 bits per heavy atom. The minimum atomic E-state index is -0.124. The molecule has 1 aromatic carbocycles. The van der Waals surface area contributed by atoms with E-state index in [2.05, 4.69) is 12.2 Å². The number of piperidine rings is 1. The number of carbonyl (C=O) groups is 1. The highest BCUT2D eigenvalue weighted by Crippen LogP contribution is 2.35. The number of benzene rings is 1. The molecule has 0 bridgehead atoms. The molecule has 5 heteroatoms. The third kappa shape index (κ3) is 3.22. The molecule has 1 N–H and O–H groups in total. The first kappa shape index (κ1) is 14.6. The number of para-hydroxylation sites is 1. The first-order chi connectivity index (χ1) is 9.15. The van der Waals surface area contributed by atoms with Crippen molar-refractivity contribution in [2.75, 3.05) is 18.0 Å². The van der Waals surface area contributed by atoms with Crippen LogP contribution in [0.25, 0.3) is 0 Å². The van der Waals surface area contributed by atoms with E-state index in [0.717, 1.165) is 25.8 Å². The second kappa shape index (κ2) is 6.60. The Morgan fingerprint density at radius 3 is 2.68 bits per heavy atom. The molecule has 2 rings (SSSR count). The van der Waals surface area contributed by atoms with Gasteiger partial charge in [-0.05, 0) is 37.9 Å². The third-order valence-electron chi connectivity index (χ3n) is 3.29. The maximum Gasteiger partial charge on any atom is 0.244 e. The Morgan fingerprint density at radius 2 is 2.05 bits per heavy atom. The SMILES string of the molecule is CCCNC1CCCN(c2c(Cl)cccc2Cl)C1=O. The van der Waals surface area contributed by atoms with Crippen molar-refractivity contribution in [1.29, 1.82) is 0 Å². The summed E-state index contributed by atoms with van der Waals surface area (Å²) < 4.78 is 0. The fourth-order valence-electron chi connectivity index (χ4n) is 2.35. The van der Waals surface area contributed by atoms with Gasteiger partial charge in [-0.3, -0.25) is 4.79 Å². The molecule has 104 valence electrons. The van der Waals surface area contributed by atoms with Crippen molar-refractivity contribution in [1.82, 2.24) is 5.32 Å². The van der Waals surface area contributed by atoms with Gasteiger partial charge in [0.15, 0.2) is 0 Å². The van der Waals surface area contributed by atoms with Crippen LogP contribution in [-0.4, -0.2) is 25.0 Å². The fourth-order valence-corrected chi connectivity index (χ4v) is 2.95. The molecule has 0 saturated carbocycles. The molecule has 1 atom stereocenters. The van der Waals surface area contributed by atoms with E-state index in [1.165, 1.54) is 0 Å². The standard InChI is InChI=1S/C14H18Cl2N2O/c1-2-8-17-12-7-4-9-18(14(12)19)13-10(15)5-3-6-11(13)16/h3,5-6,12,17H,2,4,7-9H2,1H3. The number of hydrogen-bond donors (Lipinski definition) is 1. The maximum atomic E-state index is 12.5. The van der Waals surface area contributed by atoms with Crippen molar-refractivity contribution in [2.45, 2.75) is 32.2 Å². The van der Waals surface area contributed by atoms with Gasteiger partial charge in [0, 0.05) is 6.54 Å². The van der Waals surface area contributed by atoms with Crippen LogP contribution in [0.15, 0.2) is 18.2 Å². The summed E-state index contributed by atoms with van der Waals surface area (Å²) in [7, 11) is 0. The Hall–Kier alpha value is -0.770. The molecule has 1 aliphatic rings. The summed E-state index contributed by atoms with van der Waals surface area (Å²) in [6.45, 7) is 3.61. The summed E-state index contributed by atoms with van der Waals surface area (Å²) in [4.78, 5) is 14.2. The lowest BCUT2D eigenvalue weighted by Gasteiger charge is -2.33. The predicted molar refractivity (Wildman–Crippen MR) is 80.1 cm³/mol. The lowest BCUT2D eigenvalue weighted by Crippen LogP contribution is -2.51. The Kier molecular flexibility index (Phi) is 5.08. The number of nitrogens with one attached hydrogen (secondary N) is 1. The highest BCUT2D eigenvalue weighted by atomic mass is 35.5. The Labute approximate surface area is 123 Å². The molecule has 1 aliphatic heterocycles. The van der Waals surface area contributed by atoms with Gasteiger partial charge in [-0.1, -0.05) is 36.2 Å². The van der Waals surface area contributed by atoms with Gasteiger partial charge in [-0.2, -0.15) is 0 Å². The average molecular weight is 301 g/mol. The summed E-state index contributed by atoms with van der Waals surface area (Å²) in [6, 6.07) is 5.19. The lowest BCUT2D eigenvalue weighted by atomic mass is 10.0. The average Bonchev–Trinajstić information content (AvgIpc) is 2.39. The van der Waals surface area contributed by atoms with E-state index in [1.807, 2.05) is 0 Å². The highest BCUT2D eigenvalue weighted by Gasteiger charge is 2.31. The van der Waals surface area contributed by atoms with Crippen molar-refractivity contribution >= 4 is 34.8 Å². The largest absolute Gasteiger partial charge is 0.308 e. The van der Waals surface area contributed by atoms with E-state index in [9.17, 15) is 4.79 Å². The van der Waals surface area contributed by atoms with Crippen LogP contribution < -0.4 is 10.2 Å². The summed E-state index contributed by atoms with van der Waals surface area (Å²) in [5.74, 6) is 0.0645. The van der Waals surface area contributed by atoms with Crippen molar-refractivity contribution < 1.29 is 4.79 Å². The van der Waals surface area contributed by atoms with E-state index in [0.29, 0.717) is 22.3 Å². The molecular formula is C14H18Cl2N2O.